The lowest BCUT2D eigenvalue weighted by Gasteiger charge is -2.27. The second-order valence-corrected chi connectivity index (χ2v) is 7.48. The monoisotopic (exact) mass is 321 g/mol. The highest BCUT2D eigenvalue weighted by atomic mass is 32.2. The van der Waals surface area contributed by atoms with E-state index in [1.54, 1.807) is 12.5 Å². The van der Waals surface area contributed by atoms with E-state index in [9.17, 15) is 8.42 Å². The van der Waals surface area contributed by atoms with E-state index in [1.165, 1.54) is 4.31 Å². The molecule has 0 unspecified atom stereocenters. The number of aryl methyl sites for hydroxylation is 1. The van der Waals surface area contributed by atoms with E-state index in [4.69, 9.17) is 4.74 Å². The van der Waals surface area contributed by atoms with Gasteiger partial charge in [-0.2, -0.15) is 4.31 Å². The van der Waals surface area contributed by atoms with Crippen LogP contribution in [0, 0.1) is 6.92 Å². The fourth-order valence-electron chi connectivity index (χ4n) is 2.43. The summed E-state index contributed by atoms with van der Waals surface area (Å²) >= 11 is 0. The summed E-state index contributed by atoms with van der Waals surface area (Å²) in [6.07, 6.45) is 3.45. The van der Waals surface area contributed by atoms with Crippen molar-refractivity contribution in [3.63, 3.8) is 0 Å². The molecule has 2 heterocycles. The quantitative estimate of drug-likeness (QED) is 0.835. The first-order chi connectivity index (χ1) is 10.5. The van der Waals surface area contributed by atoms with Crippen LogP contribution >= 0.6 is 0 Å². The van der Waals surface area contributed by atoms with Crippen LogP contribution in [0.15, 0.2) is 36.8 Å². The van der Waals surface area contributed by atoms with Gasteiger partial charge in [-0.05, 0) is 19.1 Å². The summed E-state index contributed by atoms with van der Waals surface area (Å²) in [6, 6.07) is 7.58. The van der Waals surface area contributed by atoms with Gasteiger partial charge in [0.25, 0.3) is 0 Å². The first kappa shape index (κ1) is 15.1. The summed E-state index contributed by atoms with van der Waals surface area (Å²) in [5.74, 6) is 0.673. The number of rotatable bonds is 5. The number of ether oxygens (including phenoxy) is 1. The van der Waals surface area contributed by atoms with Crippen molar-refractivity contribution in [1.82, 2.24) is 13.9 Å². The van der Waals surface area contributed by atoms with Crippen LogP contribution in [-0.4, -0.2) is 41.2 Å². The van der Waals surface area contributed by atoms with Crippen LogP contribution in [0.3, 0.4) is 0 Å². The van der Waals surface area contributed by atoms with Gasteiger partial charge in [-0.1, -0.05) is 17.7 Å². The van der Waals surface area contributed by atoms with Gasteiger partial charge >= 0.3 is 0 Å². The predicted octanol–water partition coefficient (Wildman–Crippen LogP) is 1.42. The summed E-state index contributed by atoms with van der Waals surface area (Å²) in [5.41, 5.74) is 2.07. The number of hydrogen-bond donors (Lipinski definition) is 0. The Labute approximate surface area is 130 Å². The molecule has 22 heavy (non-hydrogen) atoms. The predicted molar refractivity (Wildman–Crippen MR) is 83.1 cm³/mol. The minimum Gasteiger partial charge on any atom is -0.492 e. The Morgan fingerprint density at radius 3 is 2.77 bits per heavy atom. The van der Waals surface area contributed by atoms with E-state index >= 15 is 0 Å². The summed E-state index contributed by atoms with van der Waals surface area (Å²) < 4.78 is 33.8. The van der Waals surface area contributed by atoms with E-state index < -0.39 is 10.0 Å². The van der Waals surface area contributed by atoms with Crippen LogP contribution < -0.4 is 4.74 Å². The number of hydrogen-bond acceptors (Lipinski definition) is 4. The van der Waals surface area contributed by atoms with Crippen LogP contribution in [0.2, 0.25) is 0 Å². The van der Waals surface area contributed by atoms with Gasteiger partial charge in [0.05, 0.1) is 24.3 Å². The fourth-order valence-corrected chi connectivity index (χ4v) is 3.67. The van der Waals surface area contributed by atoms with Crippen molar-refractivity contribution in [3.05, 3.63) is 48.0 Å². The molecule has 1 aliphatic rings. The Balaban J connectivity index is 1.56. The van der Waals surface area contributed by atoms with Crippen molar-refractivity contribution >= 4 is 10.0 Å². The summed E-state index contributed by atoms with van der Waals surface area (Å²) in [4.78, 5) is 4.05. The number of sulfonamides is 1. The maximum Gasteiger partial charge on any atom is 0.217 e. The normalized spacial score (nSPS) is 15.5. The number of nitrogens with zero attached hydrogens (tertiary/aromatic N) is 3. The number of imidazole rings is 1. The van der Waals surface area contributed by atoms with E-state index in [0.29, 0.717) is 25.4 Å². The molecule has 0 spiro atoms. The van der Waals surface area contributed by atoms with E-state index in [-0.39, 0.29) is 12.4 Å². The van der Waals surface area contributed by atoms with Crippen molar-refractivity contribution in [2.75, 3.05) is 18.9 Å². The summed E-state index contributed by atoms with van der Waals surface area (Å²) in [6.45, 7) is 3.66. The van der Waals surface area contributed by atoms with E-state index in [2.05, 4.69) is 4.98 Å². The number of fused-ring (bicyclic) bond motifs is 1. The van der Waals surface area contributed by atoms with Crippen molar-refractivity contribution in [1.29, 1.82) is 0 Å². The molecule has 0 N–H and O–H groups in total. The van der Waals surface area contributed by atoms with Gasteiger partial charge in [-0.15, -0.1) is 0 Å². The maximum absolute atomic E-state index is 12.4. The van der Waals surface area contributed by atoms with E-state index in [1.807, 2.05) is 35.8 Å². The third-order valence-corrected chi connectivity index (χ3v) is 5.53. The molecule has 1 aromatic carbocycles. The standard InChI is InChI=1S/C15H19N3O3S/c1-13-2-4-15(5-3-13)21-8-9-22(19,20)18-7-6-17-12-16-10-14(17)11-18/h2-5,10,12H,6-9,11H2,1H3. The molecule has 0 bridgehead atoms. The van der Waals surface area contributed by atoms with Crippen LogP contribution in [0.1, 0.15) is 11.3 Å². The molecule has 0 radical (unpaired) electrons. The molecule has 0 fully saturated rings. The summed E-state index contributed by atoms with van der Waals surface area (Å²) in [7, 11) is -3.32. The Hall–Kier alpha value is -1.86. The first-order valence-corrected chi connectivity index (χ1v) is 8.82. The van der Waals surface area contributed by atoms with Crippen molar-refractivity contribution < 1.29 is 13.2 Å². The molecule has 2 aromatic rings. The minimum absolute atomic E-state index is 0.0188. The zero-order valence-electron chi connectivity index (χ0n) is 12.5. The molecule has 118 valence electrons. The molecule has 0 aliphatic carbocycles. The average Bonchev–Trinajstić information content (AvgIpc) is 2.96. The lowest BCUT2D eigenvalue weighted by molar-refractivity contribution is 0.319. The highest BCUT2D eigenvalue weighted by Crippen LogP contribution is 2.16. The minimum atomic E-state index is -3.32. The van der Waals surface area contributed by atoms with Gasteiger partial charge < -0.3 is 9.30 Å². The van der Waals surface area contributed by atoms with Gasteiger partial charge in [0.1, 0.15) is 12.4 Å². The average molecular weight is 321 g/mol. The molecule has 7 heteroatoms. The van der Waals surface area contributed by atoms with Gasteiger partial charge in [-0.25, -0.2) is 13.4 Å². The molecule has 0 saturated carbocycles. The van der Waals surface area contributed by atoms with Crippen LogP contribution in [-0.2, 0) is 23.1 Å². The zero-order valence-corrected chi connectivity index (χ0v) is 13.3. The Bertz CT molecular complexity index is 738. The lowest BCUT2D eigenvalue weighted by Crippen LogP contribution is -2.40. The summed E-state index contributed by atoms with van der Waals surface area (Å²) in [5, 5.41) is 0. The molecule has 1 aliphatic heterocycles. The van der Waals surface area contributed by atoms with Gasteiger partial charge in [0, 0.05) is 19.3 Å². The topological polar surface area (TPSA) is 64.4 Å². The molecular weight excluding hydrogens is 302 g/mol. The largest absolute Gasteiger partial charge is 0.492 e. The second kappa shape index (κ2) is 6.10. The SMILES string of the molecule is Cc1ccc(OCCS(=O)(=O)N2CCn3cncc3C2)cc1. The van der Waals surface area contributed by atoms with Crippen LogP contribution in [0.5, 0.6) is 5.75 Å². The second-order valence-electron chi connectivity index (χ2n) is 5.39. The lowest BCUT2D eigenvalue weighted by atomic mass is 10.2. The molecule has 1 aromatic heterocycles. The van der Waals surface area contributed by atoms with Gasteiger partial charge in [0.2, 0.25) is 10.0 Å². The highest BCUT2D eigenvalue weighted by Gasteiger charge is 2.26. The number of aromatic nitrogens is 2. The third kappa shape index (κ3) is 3.31. The zero-order chi connectivity index (χ0) is 15.6. The highest BCUT2D eigenvalue weighted by molar-refractivity contribution is 7.89. The van der Waals surface area contributed by atoms with Gasteiger partial charge in [0.15, 0.2) is 0 Å². The molecule has 0 saturated heterocycles. The van der Waals surface area contributed by atoms with Crippen LogP contribution in [0.25, 0.3) is 0 Å². The Kier molecular flexibility index (Phi) is 4.17. The van der Waals surface area contributed by atoms with Crippen LogP contribution in [0.4, 0.5) is 0 Å². The molecule has 0 amide bonds. The molecule has 3 rings (SSSR count). The third-order valence-electron chi connectivity index (χ3n) is 3.75. The van der Waals surface area contributed by atoms with Gasteiger partial charge in [-0.3, -0.25) is 0 Å². The van der Waals surface area contributed by atoms with E-state index in [0.717, 1.165) is 11.3 Å². The Morgan fingerprint density at radius 2 is 2.00 bits per heavy atom. The molecular formula is C15H19N3O3S. The fraction of sp³-hybridized carbons (Fsp3) is 0.400. The first-order valence-electron chi connectivity index (χ1n) is 7.21. The Morgan fingerprint density at radius 1 is 1.23 bits per heavy atom. The number of benzene rings is 1. The van der Waals surface area contributed by atoms with Crippen molar-refractivity contribution in [2.45, 2.75) is 20.0 Å². The molecule has 0 atom stereocenters. The molecule has 6 nitrogen and oxygen atoms in total. The van der Waals surface area contributed by atoms with Crippen molar-refractivity contribution in [3.8, 4) is 5.75 Å². The van der Waals surface area contributed by atoms with Crippen molar-refractivity contribution in [2.24, 2.45) is 0 Å². The maximum atomic E-state index is 12.4. The smallest absolute Gasteiger partial charge is 0.217 e.